The molecule has 3 nitrogen and oxygen atoms in total. The largest absolute Gasteiger partial charge is 0.350 e. The van der Waals surface area contributed by atoms with Gasteiger partial charge in [0.25, 0.3) is 5.92 Å². The summed E-state index contributed by atoms with van der Waals surface area (Å²) in [6.07, 6.45) is 2.66. The standard InChI is InChI=1S/C8H14F2N2O/c9-8(10,4-11)5-12-7(13)6-2-1-3-6/h6H,1-5,11H2,(H,12,13). The van der Waals surface area contributed by atoms with Crippen LogP contribution in [0.15, 0.2) is 0 Å². The number of nitrogens with two attached hydrogens (primary N) is 1. The normalized spacial score (nSPS) is 18.1. The SMILES string of the molecule is NCC(F)(F)CNC(=O)C1CCC1. The van der Waals surface area contributed by atoms with Crippen molar-refractivity contribution in [3.63, 3.8) is 0 Å². The summed E-state index contributed by atoms with van der Waals surface area (Å²) in [6.45, 7) is -1.36. The topological polar surface area (TPSA) is 55.1 Å². The molecule has 1 amide bonds. The highest BCUT2D eigenvalue weighted by molar-refractivity contribution is 5.79. The number of rotatable bonds is 4. The van der Waals surface area contributed by atoms with Crippen molar-refractivity contribution in [2.24, 2.45) is 11.7 Å². The van der Waals surface area contributed by atoms with Crippen molar-refractivity contribution in [2.75, 3.05) is 13.1 Å². The third-order valence-electron chi connectivity index (χ3n) is 2.30. The Labute approximate surface area is 75.7 Å². The second-order valence-corrected chi connectivity index (χ2v) is 3.41. The molecule has 1 fully saturated rings. The number of carbonyl (C=O) groups excluding carboxylic acids is 1. The molecule has 76 valence electrons. The Morgan fingerprint density at radius 2 is 2.15 bits per heavy atom. The third-order valence-corrected chi connectivity index (χ3v) is 2.30. The van der Waals surface area contributed by atoms with Crippen LogP contribution in [0.1, 0.15) is 19.3 Å². The highest BCUT2D eigenvalue weighted by Gasteiger charge is 2.30. The van der Waals surface area contributed by atoms with Crippen molar-refractivity contribution in [1.29, 1.82) is 0 Å². The van der Waals surface area contributed by atoms with Gasteiger partial charge in [-0.15, -0.1) is 0 Å². The summed E-state index contributed by atoms with van der Waals surface area (Å²) >= 11 is 0. The number of alkyl halides is 2. The van der Waals surface area contributed by atoms with Crippen molar-refractivity contribution in [2.45, 2.75) is 25.2 Å². The molecule has 0 spiro atoms. The van der Waals surface area contributed by atoms with E-state index < -0.39 is 19.0 Å². The molecule has 0 aromatic heterocycles. The van der Waals surface area contributed by atoms with Gasteiger partial charge in [0.05, 0.1) is 13.1 Å². The molecule has 13 heavy (non-hydrogen) atoms. The summed E-state index contributed by atoms with van der Waals surface area (Å²) in [5.41, 5.74) is 4.81. The predicted molar refractivity (Wildman–Crippen MR) is 44.4 cm³/mol. The van der Waals surface area contributed by atoms with E-state index in [1.54, 1.807) is 0 Å². The summed E-state index contributed by atoms with van der Waals surface area (Å²) < 4.78 is 25.1. The molecule has 1 aliphatic rings. The van der Waals surface area contributed by atoms with Crippen LogP contribution in [-0.4, -0.2) is 24.9 Å². The maximum absolute atomic E-state index is 12.6. The maximum atomic E-state index is 12.6. The van der Waals surface area contributed by atoms with Crippen LogP contribution >= 0.6 is 0 Å². The smallest absolute Gasteiger partial charge is 0.277 e. The van der Waals surface area contributed by atoms with Gasteiger partial charge in [-0.2, -0.15) is 0 Å². The van der Waals surface area contributed by atoms with Crippen LogP contribution in [0, 0.1) is 5.92 Å². The molecular weight excluding hydrogens is 178 g/mol. The van der Waals surface area contributed by atoms with Gasteiger partial charge in [-0.05, 0) is 12.8 Å². The summed E-state index contributed by atoms with van der Waals surface area (Å²) in [4.78, 5) is 11.1. The number of amides is 1. The molecule has 0 saturated heterocycles. The fraction of sp³-hybridized carbons (Fsp3) is 0.875. The zero-order valence-corrected chi connectivity index (χ0v) is 7.35. The van der Waals surface area contributed by atoms with Gasteiger partial charge < -0.3 is 11.1 Å². The van der Waals surface area contributed by atoms with Gasteiger partial charge in [-0.3, -0.25) is 4.79 Å². The van der Waals surface area contributed by atoms with Crippen LogP contribution in [0.5, 0.6) is 0 Å². The molecule has 0 aromatic rings. The van der Waals surface area contributed by atoms with Crippen molar-refractivity contribution in [1.82, 2.24) is 5.32 Å². The van der Waals surface area contributed by atoms with E-state index in [9.17, 15) is 13.6 Å². The molecular formula is C8H14F2N2O. The van der Waals surface area contributed by atoms with Gasteiger partial charge in [-0.25, -0.2) is 8.78 Å². The van der Waals surface area contributed by atoms with Crippen LogP contribution in [0.2, 0.25) is 0 Å². The molecule has 1 rings (SSSR count). The lowest BCUT2D eigenvalue weighted by Gasteiger charge is -2.25. The van der Waals surface area contributed by atoms with Crippen LogP contribution in [0.25, 0.3) is 0 Å². The molecule has 0 atom stereocenters. The van der Waals surface area contributed by atoms with Gasteiger partial charge in [0, 0.05) is 5.92 Å². The summed E-state index contributed by atoms with van der Waals surface area (Å²) in [6, 6.07) is 0. The summed E-state index contributed by atoms with van der Waals surface area (Å²) in [5, 5.41) is 2.21. The quantitative estimate of drug-likeness (QED) is 0.681. The third kappa shape index (κ3) is 2.91. The van der Waals surface area contributed by atoms with E-state index in [2.05, 4.69) is 5.32 Å². The number of hydrogen-bond acceptors (Lipinski definition) is 2. The second kappa shape index (κ2) is 4.00. The summed E-state index contributed by atoms with van der Waals surface area (Å²) in [5.74, 6) is -3.28. The molecule has 5 heteroatoms. The first kappa shape index (κ1) is 10.4. The Balaban J connectivity index is 2.21. The van der Waals surface area contributed by atoms with Crippen LogP contribution < -0.4 is 11.1 Å². The minimum atomic E-state index is -2.97. The van der Waals surface area contributed by atoms with Crippen molar-refractivity contribution < 1.29 is 13.6 Å². The fourth-order valence-electron chi connectivity index (χ4n) is 1.10. The van der Waals surface area contributed by atoms with E-state index in [4.69, 9.17) is 5.73 Å². The highest BCUT2D eigenvalue weighted by Crippen LogP contribution is 2.26. The lowest BCUT2D eigenvalue weighted by Crippen LogP contribution is -2.44. The van der Waals surface area contributed by atoms with Gasteiger partial charge in [-0.1, -0.05) is 6.42 Å². The molecule has 0 aromatic carbocycles. The molecule has 1 aliphatic carbocycles. The molecule has 0 bridgehead atoms. The first-order valence-corrected chi connectivity index (χ1v) is 4.41. The average molecular weight is 192 g/mol. The van der Waals surface area contributed by atoms with Crippen LogP contribution in [0.3, 0.4) is 0 Å². The Bertz CT molecular complexity index is 193. The van der Waals surface area contributed by atoms with Crippen molar-refractivity contribution in [3.05, 3.63) is 0 Å². The van der Waals surface area contributed by atoms with Crippen LogP contribution in [0.4, 0.5) is 8.78 Å². The van der Waals surface area contributed by atoms with Crippen LogP contribution in [-0.2, 0) is 4.79 Å². The highest BCUT2D eigenvalue weighted by atomic mass is 19.3. The monoisotopic (exact) mass is 192 g/mol. The molecule has 0 radical (unpaired) electrons. The lowest BCUT2D eigenvalue weighted by molar-refractivity contribution is -0.129. The number of halogens is 2. The second-order valence-electron chi connectivity index (χ2n) is 3.41. The van der Waals surface area contributed by atoms with E-state index in [1.807, 2.05) is 0 Å². The predicted octanol–water partition coefficient (Wildman–Crippen LogP) is 0.497. The number of nitrogens with one attached hydrogen (secondary N) is 1. The molecule has 0 unspecified atom stereocenters. The zero-order chi connectivity index (χ0) is 9.90. The van der Waals surface area contributed by atoms with E-state index in [0.717, 1.165) is 19.3 Å². The van der Waals surface area contributed by atoms with Gasteiger partial charge in [0.1, 0.15) is 0 Å². The van der Waals surface area contributed by atoms with Gasteiger partial charge >= 0.3 is 0 Å². The van der Waals surface area contributed by atoms with Gasteiger partial charge in [0.2, 0.25) is 5.91 Å². The number of carbonyl (C=O) groups is 1. The molecule has 3 N–H and O–H groups in total. The first-order chi connectivity index (χ1) is 6.05. The zero-order valence-electron chi connectivity index (χ0n) is 7.35. The lowest BCUT2D eigenvalue weighted by atomic mass is 9.85. The Hall–Kier alpha value is -0.710. The van der Waals surface area contributed by atoms with E-state index in [-0.39, 0.29) is 11.8 Å². The van der Waals surface area contributed by atoms with Gasteiger partial charge in [0.15, 0.2) is 0 Å². The molecule has 1 saturated carbocycles. The fourth-order valence-corrected chi connectivity index (χ4v) is 1.10. The maximum Gasteiger partial charge on any atom is 0.277 e. The first-order valence-electron chi connectivity index (χ1n) is 4.41. The minimum Gasteiger partial charge on any atom is -0.350 e. The number of hydrogen-bond donors (Lipinski definition) is 2. The van der Waals surface area contributed by atoms with E-state index in [0.29, 0.717) is 0 Å². The Morgan fingerprint density at radius 3 is 2.54 bits per heavy atom. The average Bonchev–Trinajstić information content (AvgIpc) is 1.98. The molecule has 0 aliphatic heterocycles. The van der Waals surface area contributed by atoms with Crippen molar-refractivity contribution >= 4 is 5.91 Å². The Kier molecular flexibility index (Phi) is 3.19. The van der Waals surface area contributed by atoms with E-state index >= 15 is 0 Å². The molecule has 0 heterocycles. The minimum absolute atomic E-state index is 0.0476. The van der Waals surface area contributed by atoms with E-state index in [1.165, 1.54) is 0 Å². The van der Waals surface area contributed by atoms with Crippen molar-refractivity contribution in [3.8, 4) is 0 Å². The summed E-state index contributed by atoms with van der Waals surface area (Å²) in [7, 11) is 0. The Morgan fingerprint density at radius 1 is 1.54 bits per heavy atom.